The van der Waals surface area contributed by atoms with E-state index in [1.165, 1.54) is 37.4 Å². The van der Waals surface area contributed by atoms with Crippen LogP contribution in [0.25, 0.3) is 0 Å². The van der Waals surface area contributed by atoms with Gasteiger partial charge in [0.1, 0.15) is 0 Å². The van der Waals surface area contributed by atoms with Crippen molar-refractivity contribution in [3.63, 3.8) is 0 Å². The minimum atomic E-state index is -4.18. The Hall–Kier alpha value is -3.14. The van der Waals surface area contributed by atoms with Gasteiger partial charge in [-0.05, 0) is 31.2 Å². The van der Waals surface area contributed by atoms with Gasteiger partial charge in [0, 0.05) is 6.07 Å². The standard InChI is InChI=1S/C16H16N2O7S/c1-3-25-16(19)12-6-4-5-7-13(12)17-26(22,23)11-8-9-15(24-2)14(10-11)18(20)21/h4-10,17H,3H2,1-2H3. The van der Waals surface area contributed by atoms with E-state index in [-0.39, 0.29) is 28.5 Å². The number of nitro benzene ring substituents is 1. The van der Waals surface area contributed by atoms with Crippen LogP contribution < -0.4 is 9.46 Å². The van der Waals surface area contributed by atoms with Crippen molar-refractivity contribution in [3.8, 4) is 5.75 Å². The summed E-state index contributed by atoms with van der Waals surface area (Å²) in [7, 11) is -2.94. The maximum Gasteiger partial charge on any atom is 0.340 e. The number of benzene rings is 2. The molecular formula is C16H16N2O7S. The van der Waals surface area contributed by atoms with Gasteiger partial charge in [0.15, 0.2) is 5.75 Å². The van der Waals surface area contributed by atoms with Crippen LogP contribution in [0.15, 0.2) is 47.4 Å². The van der Waals surface area contributed by atoms with Gasteiger partial charge in [-0.1, -0.05) is 12.1 Å². The molecule has 10 heteroatoms. The second-order valence-corrected chi connectivity index (χ2v) is 6.64. The Labute approximate surface area is 149 Å². The van der Waals surface area contributed by atoms with Gasteiger partial charge in [-0.2, -0.15) is 0 Å². The maximum atomic E-state index is 12.6. The molecular weight excluding hydrogens is 364 g/mol. The predicted molar refractivity (Wildman–Crippen MR) is 92.9 cm³/mol. The van der Waals surface area contributed by atoms with Gasteiger partial charge in [-0.15, -0.1) is 0 Å². The first kappa shape index (κ1) is 19.2. The van der Waals surface area contributed by atoms with Crippen LogP contribution in [0.3, 0.4) is 0 Å². The van der Waals surface area contributed by atoms with Gasteiger partial charge >= 0.3 is 11.7 Å². The number of esters is 1. The lowest BCUT2D eigenvalue weighted by Crippen LogP contribution is -2.16. The molecule has 0 atom stereocenters. The first-order valence-electron chi connectivity index (χ1n) is 7.41. The molecule has 0 radical (unpaired) electrons. The molecule has 9 nitrogen and oxygen atoms in total. The topological polar surface area (TPSA) is 125 Å². The summed E-state index contributed by atoms with van der Waals surface area (Å²) in [6.07, 6.45) is 0. The highest BCUT2D eigenvalue weighted by Gasteiger charge is 2.23. The molecule has 0 aromatic heterocycles. The van der Waals surface area contributed by atoms with Crippen molar-refractivity contribution in [3.05, 3.63) is 58.1 Å². The molecule has 2 rings (SSSR count). The third kappa shape index (κ3) is 4.09. The lowest BCUT2D eigenvalue weighted by Gasteiger charge is -2.12. The van der Waals surface area contributed by atoms with E-state index in [4.69, 9.17) is 9.47 Å². The molecule has 0 saturated carbocycles. The van der Waals surface area contributed by atoms with Gasteiger partial charge in [0.25, 0.3) is 10.0 Å². The smallest absolute Gasteiger partial charge is 0.340 e. The molecule has 0 saturated heterocycles. The second-order valence-electron chi connectivity index (χ2n) is 4.96. The van der Waals surface area contributed by atoms with Crippen molar-refractivity contribution in [1.29, 1.82) is 0 Å². The molecule has 0 fully saturated rings. The number of nitrogens with zero attached hydrogens (tertiary/aromatic N) is 1. The zero-order valence-corrected chi connectivity index (χ0v) is 14.8. The normalized spacial score (nSPS) is 10.8. The van der Waals surface area contributed by atoms with Crippen molar-refractivity contribution >= 4 is 27.4 Å². The largest absolute Gasteiger partial charge is 0.490 e. The first-order chi connectivity index (χ1) is 12.3. The summed E-state index contributed by atoms with van der Waals surface area (Å²) < 4.78 is 37.2. The van der Waals surface area contributed by atoms with Gasteiger partial charge in [-0.3, -0.25) is 14.8 Å². The highest BCUT2D eigenvalue weighted by molar-refractivity contribution is 7.92. The molecule has 0 bridgehead atoms. The van der Waals surface area contributed by atoms with Gasteiger partial charge < -0.3 is 9.47 Å². The van der Waals surface area contributed by atoms with Crippen LogP contribution >= 0.6 is 0 Å². The SMILES string of the molecule is CCOC(=O)c1ccccc1NS(=O)(=O)c1ccc(OC)c([N+](=O)[O-])c1. The molecule has 0 spiro atoms. The quantitative estimate of drug-likeness (QED) is 0.444. The number of hydrogen-bond donors (Lipinski definition) is 1. The number of ether oxygens (including phenoxy) is 2. The molecule has 26 heavy (non-hydrogen) atoms. The molecule has 0 heterocycles. The Morgan fingerprint density at radius 3 is 2.54 bits per heavy atom. The monoisotopic (exact) mass is 380 g/mol. The van der Waals surface area contributed by atoms with Crippen LogP contribution in [0.5, 0.6) is 5.75 Å². The number of methoxy groups -OCH3 is 1. The predicted octanol–water partition coefficient (Wildman–Crippen LogP) is 2.58. The number of carbonyl (C=O) groups is 1. The van der Waals surface area contributed by atoms with Crippen molar-refractivity contribution < 1.29 is 27.6 Å². The van der Waals surface area contributed by atoms with Crippen molar-refractivity contribution in [1.82, 2.24) is 0 Å². The van der Waals surface area contributed by atoms with Crippen LogP contribution in [0, 0.1) is 10.1 Å². The number of nitrogens with one attached hydrogen (secondary N) is 1. The zero-order valence-electron chi connectivity index (χ0n) is 14.0. The molecule has 0 aliphatic rings. The molecule has 0 unspecified atom stereocenters. The highest BCUT2D eigenvalue weighted by Crippen LogP contribution is 2.30. The molecule has 2 aromatic rings. The van der Waals surface area contributed by atoms with E-state index in [9.17, 15) is 23.3 Å². The lowest BCUT2D eigenvalue weighted by molar-refractivity contribution is -0.386. The van der Waals surface area contributed by atoms with Gasteiger partial charge in [-0.25, -0.2) is 13.2 Å². The number of nitro groups is 1. The Kier molecular flexibility index (Phi) is 5.78. The van der Waals surface area contributed by atoms with Crippen molar-refractivity contribution in [2.45, 2.75) is 11.8 Å². The number of anilines is 1. The van der Waals surface area contributed by atoms with Crippen LogP contribution in [0.4, 0.5) is 11.4 Å². The molecule has 0 amide bonds. The van der Waals surface area contributed by atoms with E-state index in [0.29, 0.717) is 0 Å². The van der Waals surface area contributed by atoms with E-state index >= 15 is 0 Å². The number of rotatable bonds is 7. The maximum absolute atomic E-state index is 12.6. The summed E-state index contributed by atoms with van der Waals surface area (Å²) in [5.74, 6) is -0.757. The minimum Gasteiger partial charge on any atom is -0.490 e. The van der Waals surface area contributed by atoms with Gasteiger partial charge in [0.2, 0.25) is 0 Å². The number of para-hydroxylation sites is 1. The summed E-state index contributed by atoms with van der Waals surface area (Å²) in [4.78, 5) is 21.9. The molecule has 1 N–H and O–H groups in total. The molecule has 138 valence electrons. The fraction of sp³-hybridized carbons (Fsp3) is 0.188. The van der Waals surface area contributed by atoms with Crippen LogP contribution in [0.1, 0.15) is 17.3 Å². The third-order valence-corrected chi connectivity index (χ3v) is 4.69. The Balaban J connectivity index is 2.43. The van der Waals surface area contributed by atoms with E-state index < -0.39 is 26.6 Å². The van der Waals surface area contributed by atoms with Crippen LogP contribution in [0.2, 0.25) is 0 Å². The number of carbonyl (C=O) groups excluding carboxylic acids is 1. The van der Waals surface area contributed by atoms with E-state index in [1.807, 2.05) is 0 Å². The van der Waals surface area contributed by atoms with E-state index in [2.05, 4.69) is 4.72 Å². The van der Waals surface area contributed by atoms with Crippen LogP contribution in [-0.2, 0) is 14.8 Å². The summed E-state index contributed by atoms with van der Waals surface area (Å²) in [6, 6.07) is 9.13. The Morgan fingerprint density at radius 2 is 1.92 bits per heavy atom. The second kappa shape index (κ2) is 7.83. The summed E-state index contributed by atoms with van der Waals surface area (Å²) in [6.45, 7) is 1.76. The number of sulfonamides is 1. The molecule has 0 aliphatic carbocycles. The van der Waals surface area contributed by atoms with Crippen LogP contribution in [-0.4, -0.2) is 33.0 Å². The van der Waals surface area contributed by atoms with Crippen molar-refractivity contribution in [2.24, 2.45) is 0 Å². The third-order valence-electron chi connectivity index (χ3n) is 3.32. The highest BCUT2D eigenvalue weighted by atomic mass is 32.2. The Bertz CT molecular complexity index is 941. The summed E-state index contributed by atoms with van der Waals surface area (Å²) in [5, 5.41) is 11.1. The van der Waals surface area contributed by atoms with E-state index in [0.717, 1.165) is 6.07 Å². The first-order valence-corrected chi connectivity index (χ1v) is 8.90. The Morgan fingerprint density at radius 1 is 1.23 bits per heavy atom. The summed E-state index contributed by atoms with van der Waals surface area (Å²) >= 11 is 0. The number of hydrogen-bond acceptors (Lipinski definition) is 7. The average molecular weight is 380 g/mol. The van der Waals surface area contributed by atoms with Gasteiger partial charge in [0.05, 0.1) is 34.8 Å². The molecule has 2 aromatic carbocycles. The van der Waals surface area contributed by atoms with E-state index in [1.54, 1.807) is 13.0 Å². The fourth-order valence-electron chi connectivity index (χ4n) is 2.14. The minimum absolute atomic E-state index is 0.00409. The lowest BCUT2D eigenvalue weighted by atomic mass is 10.2. The average Bonchev–Trinajstić information content (AvgIpc) is 2.61. The summed E-state index contributed by atoms with van der Waals surface area (Å²) in [5.41, 5.74) is -0.459. The molecule has 0 aliphatic heterocycles. The zero-order chi connectivity index (χ0) is 19.3. The van der Waals surface area contributed by atoms with Crippen molar-refractivity contribution in [2.75, 3.05) is 18.4 Å². The fourth-order valence-corrected chi connectivity index (χ4v) is 3.24.